The molecule has 3 N–H and O–H groups in total. The lowest BCUT2D eigenvalue weighted by molar-refractivity contribution is 0.0940. The van der Waals surface area contributed by atoms with Gasteiger partial charge in [0, 0.05) is 23.6 Å². The molecule has 0 fully saturated rings. The fourth-order valence-electron chi connectivity index (χ4n) is 1.96. The first-order valence-electron chi connectivity index (χ1n) is 6.14. The minimum atomic E-state index is -0.125. The molecule has 0 aliphatic rings. The molecule has 0 spiro atoms. The van der Waals surface area contributed by atoms with E-state index in [1.54, 1.807) is 18.5 Å². The molecule has 2 rings (SSSR count). The third-order valence-corrected chi connectivity index (χ3v) is 2.92. The Balaban J connectivity index is 2.13. The summed E-state index contributed by atoms with van der Waals surface area (Å²) in [5.74, 6) is -0.125. The van der Waals surface area contributed by atoms with Crippen LogP contribution in [0.3, 0.4) is 0 Å². The average Bonchev–Trinajstić information content (AvgIpc) is 2.38. The zero-order valence-corrected chi connectivity index (χ0v) is 11.1. The first-order valence-corrected chi connectivity index (χ1v) is 6.14. The SMILES string of the molecule is Cc1cc(N)cc(C(=O)NC(C)c2ccncc2)c1. The highest BCUT2D eigenvalue weighted by molar-refractivity contribution is 5.95. The van der Waals surface area contributed by atoms with Gasteiger partial charge in [-0.25, -0.2) is 0 Å². The van der Waals surface area contributed by atoms with Gasteiger partial charge in [0.05, 0.1) is 6.04 Å². The van der Waals surface area contributed by atoms with Gasteiger partial charge in [0.2, 0.25) is 0 Å². The number of anilines is 1. The molecule has 0 radical (unpaired) electrons. The Morgan fingerprint density at radius 3 is 2.58 bits per heavy atom. The van der Waals surface area contributed by atoms with Crippen molar-refractivity contribution in [2.45, 2.75) is 19.9 Å². The summed E-state index contributed by atoms with van der Waals surface area (Å²) in [5, 5.41) is 2.94. The van der Waals surface area contributed by atoms with Crippen molar-refractivity contribution in [1.82, 2.24) is 10.3 Å². The monoisotopic (exact) mass is 255 g/mol. The van der Waals surface area contributed by atoms with Crippen LogP contribution in [0.5, 0.6) is 0 Å². The van der Waals surface area contributed by atoms with E-state index in [0.717, 1.165) is 11.1 Å². The van der Waals surface area contributed by atoms with E-state index in [4.69, 9.17) is 5.73 Å². The second-order valence-corrected chi connectivity index (χ2v) is 4.61. The summed E-state index contributed by atoms with van der Waals surface area (Å²) in [4.78, 5) is 16.1. The third-order valence-electron chi connectivity index (χ3n) is 2.92. The van der Waals surface area contributed by atoms with Crippen molar-refractivity contribution in [3.05, 3.63) is 59.4 Å². The molecule has 0 aliphatic carbocycles. The molecule has 4 nitrogen and oxygen atoms in total. The predicted octanol–water partition coefficient (Wildman–Crippen LogP) is 2.46. The van der Waals surface area contributed by atoms with Gasteiger partial charge in [-0.15, -0.1) is 0 Å². The van der Waals surface area contributed by atoms with Crippen molar-refractivity contribution < 1.29 is 4.79 Å². The van der Waals surface area contributed by atoms with Gasteiger partial charge in [-0.2, -0.15) is 0 Å². The lowest BCUT2D eigenvalue weighted by Gasteiger charge is -2.14. The molecule has 1 unspecified atom stereocenters. The number of hydrogen-bond donors (Lipinski definition) is 2. The van der Waals surface area contributed by atoms with Crippen LogP contribution in [-0.4, -0.2) is 10.9 Å². The fraction of sp³-hybridized carbons (Fsp3) is 0.200. The second-order valence-electron chi connectivity index (χ2n) is 4.61. The summed E-state index contributed by atoms with van der Waals surface area (Å²) in [5.41, 5.74) is 8.92. The van der Waals surface area contributed by atoms with Crippen molar-refractivity contribution in [3.63, 3.8) is 0 Å². The smallest absolute Gasteiger partial charge is 0.251 e. The summed E-state index contributed by atoms with van der Waals surface area (Å²) in [6.07, 6.45) is 3.42. The predicted molar refractivity (Wildman–Crippen MR) is 75.7 cm³/mol. The molecule has 98 valence electrons. The van der Waals surface area contributed by atoms with Crippen LogP contribution in [0.1, 0.15) is 34.5 Å². The molecule has 0 aliphatic heterocycles. The minimum Gasteiger partial charge on any atom is -0.399 e. The zero-order chi connectivity index (χ0) is 13.8. The second kappa shape index (κ2) is 5.52. The Labute approximate surface area is 112 Å². The number of aryl methyl sites for hydroxylation is 1. The van der Waals surface area contributed by atoms with Gasteiger partial charge >= 0.3 is 0 Å². The van der Waals surface area contributed by atoms with E-state index in [1.807, 2.05) is 38.1 Å². The number of nitrogens with two attached hydrogens (primary N) is 1. The van der Waals surface area contributed by atoms with Crippen molar-refractivity contribution in [3.8, 4) is 0 Å². The molecule has 4 heteroatoms. The molecule has 2 aromatic rings. The molecule has 0 saturated heterocycles. The number of benzene rings is 1. The first-order chi connectivity index (χ1) is 9.06. The molecule has 0 bridgehead atoms. The van der Waals surface area contributed by atoms with E-state index in [9.17, 15) is 4.79 Å². The molecule has 1 amide bonds. The van der Waals surface area contributed by atoms with Crippen LogP contribution in [0.2, 0.25) is 0 Å². The summed E-state index contributed by atoms with van der Waals surface area (Å²) in [6.45, 7) is 3.85. The standard InChI is InChI=1S/C15H17N3O/c1-10-7-13(9-14(16)8-10)15(19)18-11(2)12-3-5-17-6-4-12/h3-9,11H,16H2,1-2H3,(H,18,19). The maximum absolute atomic E-state index is 12.2. The van der Waals surface area contributed by atoms with Gasteiger partial charge in [0.15, 0.2) is 0 Å². The lowest BCUT2D eigenvalue weighted by atomic mass is 10.1. The van der Waals surface area contributed by atoms with Crippen LogP contribution in [-0.2, 0) is 0 Å². The molecule has 0 saturated carbocycles. The third kappa shape index (κ3) is 3.31. The number of carbonyl (C=O) groups is 1. The molecule has 19 heavy (non-hydrogen) atoms. The van der Waals surface area contributed by atoms with E-state index in [0.29, 0.717) is 11.3 Å². The van der Waals surface area contributed by atoms with E-state index in [2.05, 4.69) is 10.3 Å². The molecule has 1 aromatic heterocycles. The van der Waals surface area contributed by atoms with Crippen molar-refractivity contribution in [2.24, 2.45) is 0 Å². The Morgan fingerprint density at radius 1 is 1.26 bits per heavy atom. The molecule has 1 aromatic carbocycles. The Hall–Kier alpha value is -2.36. The van der Waals surface area contributed by atoms with Gasteiger partial charge in [0.25, 0.3) is 5.91 Å². The van der Waals surface area contributed by atoms with Crippen LogP contribution in [0.15, 0.2) is 42.7 Å². The van der Waals surface area contributed by atoms with Gasteiger partial charge in [-0.1, -0.05) is 0 Å². The molecular weight excluding hydrogens is 238 g/mol. The van der Waals surface area contributed by atoms with Crippen LogP contribution >= 0.6 is 0 Å². The number of hydrogen-bond acceptors (Lipinski definition) is 3. The van der Waals surface area contributed by atoms with E-state index >= 15 is 0 Å². The fourth-order valence-corrected chi connectivity index (χ4v) is 1.96. The number of rotatable bonds is 3. The van der Waals surface area contributed by atoms with E-state index in [-0.39, 0.29) is 11.9 Å². The Morgan fingerprint density at radius 2 is 1.95 bits per heavy atom. The molecule has 1 atom stereocenters. The quantitative estimate of drug-likeness (QED) is 0.828. The number of amides is 1. The average molecular weight is 255 g/mol. The number of pyridine rings is 1. The highest BCUT2D eigenvalue weighted by atomic mass is 16.1. The maximum atomic E-state index is 12.2. The summed E-state index contributed by atoms with van der Waals surface area (Å²) < 4.78 is 0. The number of carbonyl (C=O) groups excluding carboxylic acids is 1. The van der Waals surface area contributed by atoms with Crippen molar-refractivity contribution >= 4 is 11.6 Å². The van der Waals surface area contributed by atoms with Gasteiger partial charge in [-0.3, -0.25) is 9.78 Å². The van der Waals surface area contributed by atoms with Crippen LogP contribution in [0.25, 0.3) is 0 Å². The largest absolute Gasteiger partial charge is 0.399 e. The van der Waals surface area contributed by atoms with Crippen molar-refractivity contribution in [2.75, 3.05) is 5.73 Å². The number of aromatic nitrogens is 1. The van der Waals surface area contributed by atoms with Gasteiger partial charge < -0.3 is 11.1 Å². The highest BCUT2D eigenvalue weighted by Crippen LogP contribution is 2.14. The van der Waals surface area contributed by atoms with Crippen LogP contribution in [0.4, 0.5) is 5.69 Å². The van der Waals surface area contributed by atoms with Crippen molar-refractivity contribution in [1.29, 1.82) is 0 Å². The number of nitrogen functional groups attached to an aromatic ring is 1. The summed E-state index contributed by atoms with van der Waals surface area (Å²) in [6, 6.07) is 9.04. The zero-order valence-electron chi connectivity index (χ0n) is 11.1. The number of nitrogens with zero attached hydrogens (tertiary/aromatic N) is 1. The normalized spacial score (nSPS) is 11.9. The summed E-state index contributed by atoms with van der Waals surface area (Å²) in [7, 11) is 0. The summed E-state index contributed by atoms with van der Waals surface area (Å²) >= 11 is 0. The van der Waals surface area contributed by atoms with E-state index < -0.39 is 0 Å². The Bertz CT molecular complexity index is 561. The topological polar surface area (TPSA) is 68.0 Å². The van der Waals surface area contributed by atoms with Crippen LogP contribution in [0, 0.1) is 6.92 Å². The maximum Gasteiger partial charge on any atom is 0.251 e. The minimum absolute atomic E-state index is 0.0720. The lowest BCUT2D eigenvalue weighted by Crippen LogP contribution is -2.26. The van der Waals surface area contributed by atoms with E-state index in [1.165, 1.54) is 0 Å². The van der Waals surface area contributed by atoms with Gasteiger partial charge in [0.1, 0.15) is 0 Å². The van der Waals surface area contributed by atoms with Crippen LogP contribution < -0.4 is 11.1 Å². The first kappa shape index (κ1) is 13.1. The molecule has 1 heterocycles. The highest BCUT2D eigenvalue weighted by Gasteiger charge is 2.11. The Kier molecular flexibility index (Phi) is 3.80. The van der Waals surface area contributed by atoms with Gasteiger partial charge in [-0.05, 0) is 55.3 Å². The molecular formula is C15H17N3O. The number of nitrogens with one attached hydrogen (secondary N) is 1.